The molecular weight excluding hydrogens is 715 g/mol. The van der Waals surface area contributed by atoms with Crippen LogP contribution in [0, 0.1) is 11.8 Å². The number of amides is 3. The molecule has 0 spiro atoms. The van der Waals surface area contributed by atoms with Gasteiger partial charge in [-0.1, -0.05) is 46.6 Å². The summed E-state index contributed by atoms with van der Waals surface area (Å²) < 4.78 is 11.2. The monoisotopic (exact) mass is 771 g/mol. The number of aromatic hydroxyl groups is 1. The number of carbonyl (C=O) groups is 5. The number of nitrogens with one attached hydrogen (secondary N) is 2. The summed E-state index contributed by atoms with van der Waals surface area (Å²) in [4.78, 5) is 74.6. The number of carboxylic acids is 1. The van der Waals surface area contributed by atoms with Crippen LogP contribution in [0.4, 0.5) is 0 Å². The van der Waals surface area contributed by atoms with Crippen molar-refractivity contribution in [3.05, 3.63) is 45.4 Å². The summed E-state index contributed by atoms with van der Waals surface area (Å²) in [6.45, 7) is 10.5. The Morgan fingerprint density at radius 1 is 1.15 bits per heavy atom. The summed E-state index contributed by atoms with van der Waals surface area (Å²) in [6, 6.07) is 2.58. The minimum Gasteiger partial charge on any atom is -0.508 e. The molecule has 298 valence electrons. The highest BCUT2D eigenvalue weighted by atomic mass is 32.1. The lowest BCUT2D eigenvalue weighted by molar-refractivity contribution is -0.150. The molecule has 1 aliphatic carbocycles. The van der Waals surface area contributed by atoms with Gasteiger partial charge in [0.05, 0.1) is 18.6 Å². The second-order valence-electron chi connectivity index (χ2n) is 15.0. The van der Waals surface area contributed by atoms with Crippen LogP contribution in [0.15, 0.2) is 23.6 Å². The van der Waals surface area contributed by atoms with E-state index in [0.717, 1.165) is 42.7 Å². The number of carbonyl (C=O) groups excluding carboxylic acids is 4. The first kappa shape index (κ1) is 42.7. The van der Waals surface area contributed by atoms with Crippen molar-refractivity contribution in [3.8, 4) is 5.75 Å². The molecule has 7 atom stereocenters. The number of likely N-dealkylation sites (N-methyl/N-ethyl adjacent to an activating group) is 1. The third-order valence-electron chi connectivity index (χ3n) is 10.8. The van der Waals surface area contributed by atoms with Gasteiger partial charge < -0.3 is 35.2 Å². The van der Waals surface area contributed by atoms with Crippen molar-refractivity contribution in [2.24, 2.45) is 11.8 Å². The van der Waals surface area contributed by atoms with Crippen LogP contribution < -0.4 is 10.6 Å². The topological polar surface area (TPSA) is 188 Å². The molecule has 0 bridgehead atoms. The molecule has 1 fully saturated rings. The normalized spacial score (nSPS) is 20.9. The van der Waals surface area contributed by atoms with E-state index < -0.39 is 48.0 Å². The van der Waals surface area contributed by atoms with E-state index in [1.165, 1.54) is 19.1 Å². The van der Waals surface area contributed by atoms with E-state index in [2.05, 4.69) is 15.6 Å². The predicted molar refractivity (Wildman–Crippen MR) is 203 cm³/mol. The van der Waals surface area contributed by atoms with Crippen LogP contribution in [0.3, 0.4) is 0 Å². The van der Waals surface area contributed by atoms with Crippen molar-refractivity contribution < 1.29 is 43.7 Å². The first-order valence-electron chi connectivity index (χ1n) is 18.9. The number of thiazole rings is 1. The van der Waals surface area contributed by atoms with Crippen LogP contribution >= 0.6 is 11.3 Å². The molecule has 54 heavy (non-hydrogen) atoms. The van der Waals surface area contributed by atoms with Crippen molar-refractivity contribution in [2.45, 2.75) is 116 Å². The zero-order valence-electron chi connectivity index (χ0n) is 32.5. The van der Waals surface area contributed by atoms with Crippen molar-refractivity contribution >= 4 is 41.0 Å². The first-order valence-corrected chi connectivity index (χ1v) is 19.8. The Morgan fingerprint density at radius 2 is 1.89 bits per heavy atom. The van der Waals surface area contributed by atoms with E-state index in [1.54, 1.807) is 23.5 Å². The zero-order valence-corrected chi connectivity index (χ0v) is 33.3. The van der Waals surface area contributed by atoms with Gasteiger partial charge in [-0.05, 0) is 74.4 Å². The Balaban J connectivity index is 1.56. The number of ether oxygens (including phenoxy) is 2. The number of benzene rings is 1. The molecule has 1 aromatic carbocycles. The summed E-state index contributed by atoms with van der Waals surface area (Å²) in [6.07, 6.45) is 3.18. The average molecular weight is 772 g/mol. The number of fused-ring (bicyclic) bond motifs is 1. The maximum absolute atomic E-state index is 14.6. The number of aromatic nitrogens is 1. The Bertz CT molecular complexity index is 1630. The zero-order chi connectivity index (χ0) is 39.7. The number of piperidine rings is 1. The molecule has 14 nitrogen and oxygen atoms in total. The van der Waals surface area contributed by atoms with Gasteiger partial charge in [-0.3, -0.25) is 28.9 Å². The highest BCUT2D eigenvalue weighted by Crippen LogP contribution is 2.35. The molecule has 2 aliphatic rings. The molecule has 0 radical (unpaired) electrons. The van der Waals surface area contributed by atoms with Crippen molar-refractivity contribution in [1.29, 1.82) is 0 Å². The fraction of sp³-hybridized carbons (Fsp3) is 0.641. The molecule has 4 N–H and O–H groups in total. The predicted octanol–water partition coefficient (Wildman–Crippen LogP) is 4.27. The summed E-state index contributed by atoms with van der Waals surface area (Å²) in [5.74, 6) is -3.68. The van der Waals surface area contributed by atoms with Crippen molar-refractivity contribution in [3.63, 3.8) is 0 Å². The van der Waals surface area contributed by atoms with Gasteiger partial charge in [-0.15, -0.1) is 11.3 Å². The number of hydrogen-bond acceptors (Lipinski definition) is 11. The van der Waals surface area contributed by atoms with Gasteiger partial charge in [0.25, 0.3) is 5.91 Å². The molecule has 0 saturated carbocycles. The molecule has 3 amide bonds. The number of esters is 1. The Morgan fingerprint density at radius 3 is 2.52 bits per heavy atom. The van der Waals surface area contributed by atoms with E-state index in [0.29, 0.717) is 23.4 Å². The number of likely N-dealkylation sites (tertiary alicyclic amines) is 1. The largest absolute Gasteiger partial charge is 0.508 e. The fourth-order valence-corrected chi connectivity index (χ4v) is 8.36. The van der Waals surface area contributed by atoms with Crippen molar-refractivity contribution in [2.75, 3.05) is 33.9 Å². The number of carboxylic acid groups (broad SMARTS) is 1. The Kier molecular flexibility index (Phi) is 15.4. The van der Waals surface area contributed by atoms with Crippen LogP contribution in [0.25, 0.3) is 0 Å². The van der Waals surface area contributed by atoms with Gasteiger partial charge in [0, 0.05) is 44.5 Å². The highest BCUT2D eigenvalue weighted by Gasteiger charge is 2.39. The molecule has 15 heteroatoms. The van der Waals surface area contributed by atoms with E-state index in [1.807, 2.05) is 39.6 Å². The van der Waals surface area contributed by atoms with Crippen LogP contribution in [-0.2, 0) is 35.1 Å². The Labute approximate surface area is 322 Å². The van der Waals surface area contributed by atoms with Gasteiger partial charge in [0.2, 0.25) is 11.8 Å². The summed E-state index contributed by atoms with van der Waals surface area (Å²) >= 11 is 1.16. The van der Waals surface area contributed by atoms with Crippen LogP contribution in [0.2, 0.25) is 0 Å². The second-order valence-corrected chi connectivity index (χ2v) is 15.9. The Hall–Kier alpha value is -4.08. The summed E-state index contributed by atoms with van der Waals surface area (Å²) in [5.41, 5.74) is 1.35. The number of rotatable bonds is 17. The van der Waals surface area contributed by atoms with Gasteiger partial charge >= 0.3 is 11.9 Å². The second kappa shape index (κ2) is 19.5. The molecule has 2 aromatic rings. The summed E-state index contributed by atoms with van der Waals surface area (Å²) in [5, 5.41) is 27.8. The molecule has 1 saturated heterocycles. The molecule has 3 unspecified atom stereocenters. The third kappa shape index (κ3) is 10.8. The minimum atomic E-state index is -1.05. The molecule has 4 rings (SSSR count). The number of methoxy groups -OCH3 is 1. The SMILES string of the molecule is CCC(C)C(NC(=O)C1CCCCN1C)C(=O)N(CCOC)[C@H](C[C@@H](OC(C)=O)c1nc(C(=O)N[C@H]2Cc3ccc(O)cc3[C@H](C(=O)O)C2)cs1)C(C)C. The van der Waals surface area contributed by atoms with E-state index in [-0.39, 0.29) is 67.1 Å². The maximum Gasteiger partial charge on any atom is 0.311 e. The number of phenolic OH excluding ortho intramolecular Hbond substituents is 1. The smallest absolute Gasteiger partial charge is 0.311 e. The molecular formula is C39H57N5O9S. The minimum absolute atomic E-state index is 0.0180. The molecule has 1 aliphatic heterocycles. The molecule has 2 heterocycles. The molecule has 1 aromatic heterocycles. The van der Waals surface area contributed by atoms with Crippen LogP contribution in [0.1, 0.15) is 112 Å². The van der Waals surface area contributed by atoms with Crippen LogP contribution in [0.5, 0.6) is 5.75 Å². The van der Waals surface area contributed by atoms with E-state index in [9.17, 15) is 34.2 Å². The van der Waals surface area contributed by atoms with Gasteiger partial charge in [-0.25, -0.2) is 4.98 Å². The van der Waals surface area contributed by atoms with Gasteiger partial charge in [0.1, 0.15) is 22.5 Å². The van der Waals surface area contributed by atoms with Crippen LogP contribution in [-0.4, -0.2) is 113 Å². The quantitative estimate of drug-likeness (QED) is 0.168. The number of nitrogens with zero attached hydrogens (tertiary/aromatic N) is 3. The lowest BCUT2D eigenvalue weighted by atomic mass is 9.80. The van der Waals surface area contributed by atoms with E-state index in [4.69, 9.17) is 9.47 Å². The fourth-order valence-electron chi connectivity index (χ4n) is 7.52. The summed E-state index contributed by atoms with van der Waals surface area (Å²) in [7, 11) is 3.49. The van der Waals surface area contributed by atoms with Crippen molar-refractivity contribution in [1.82, 2.24) is 25.4 Å². The first-order chi connectivity index (χ1) is 25.6. The van der Waals surface area contributed by atoms with Gasteiger partial charge in [0.15, 0.2) is 6.10 Å². The lowest BCUT2D eigenvalue weighted by Crippen LogP contribution is -2.59. The average Bonchev–Trinajstić information content (AvgIpc) is 3.63. The van der Waals surface area contributed by atoms with E-state index >= 15 is 0 Å². The number of aliphatic carboxylic acids is 1. The standard InChI is InChI=1S/C39H57N5O9S/c1-8-23(4)34(42-36(48)31-11-9-10-14-43(31)6)38(49)44(15-16-52-7)32(22(2)3)20-33(53-24(5)45)37-41-30(21-54-37)35(47)40-26-17-25-12-13-27(46)19-28(25)29(18-26)39(50)51/h12-13,19,21-23,26,29,31-34,46H,8-11,14-18,20H2,1-7H3,(H,40,47)(H,42,48)(H,50,51)/t23?,26-,29+,31?,32+,33+,34?/m0/s1. The maximum atomic E-state index is 14.6. The third-order valence-corrected chi connectivity index (χ3v) is 11.7. The number of phenols is 1. The van der Waals surface area contributed by atoms with Gasteiger partial charge in [-0.2, -0.15) is 0 Å². The number of hydrogen-bond donors (Lipinski definition) is 4. The highest BCUT2D eigenvalue weighted by molar-refractivity contribution is 7.09. The lowest BCUT2D eigenvalue weighted by Gasteiger charge is -2.40.